The molecule has 1 atom stereocenters. The fraction of sp³-hybridized carbons (Fsp3) is 0.429. The predicted octanol–water partition coefficient (Wildman–Crippen LogP) is 3.96. The van der Waals surface area contributed by atoms with E-state index in [1.54, 1.807) is 6.20 Å². The fourth-order valence-electron chi connectivity index (χ4n) is 2.49. The van der Waals surface area contributed by atoms with Gasteiger partial charge in [-0.25, -0.2) is 0 Å². The van der Waals surface area contributed by atoms with Gasteiger partial charge >= 0.3 is 0 Å². The quantitative estimate of drug-likeness (QED) is 0.760. The van der Waals surface area contributed by atoms with Crippen LogP contribution in [0.5, 0.6) is 0 Å². The van der Waals surface area contributed by atoms with Crippen molar-refractivity contribution in [3.63, 3.8) is 0 Å². The summed E-state index contributed by atoms with van der Waals surface area (Å²) in [5, 5.41) is 3.96. The number of halogens is 2. The van der Waals surface area contributed by atoms with Crippen molar-refractivity contribution in [3.05, 3.63) is 27.1 Å². The van der Waals surface area contributed by atoms with Crippen LogP contribution in [-0.4, -0.2) is 20.9 Å². The Morgan fingerprint density at radius 3 is 2.95 bits per heavy atom. The van der Waals surface area contributed by atoms with Gasteiger partial charge in [-0.05, 0) is 50.8 Å². The van der Waals surface area contributed by atoms with Gasteiger partial charge in [-0.3, -0.25) is 9.78 Å². The summed E-state index contributed by atoms with van der Waals surface area (Å²) in [6.07, 6.45) is 5.89. The number of ketones is 1. The smallest absolute Gasteiger partial charge is 0.227 e. The van der Waals surface area contributed by atoms with Crippen LogP contribution in [0.2, 0.25) is 0 Å². The standard InChI is InChI=1S/C14H13Br2N3O2/c15-9-6-10(16)13(17-7-9)14-18-12(21-19-14)5-8-3-1-2-4-11(8)20/h6-8H,1-5H2. The molecule has 1 aliphatic carbocycles. The Morgan fingerprint density at radius 1 is 1.33 bits per heavy atom. The zero-order valence-corrected chi connectivity index (χ0v) is 14.4. The molecule has 0 aliphatic heterocycles. The molecule has 5 nitrogen and oxygen atoms in total. The molecular formula is C14H13Br2N3O2. The Morgan fingerprint density at radius 2 is 2.19 bits per heavy atom. The van der Waals surface area contributed by atoms with Crippen LogP contribution < -0.4 is 0 Å². The predicted molar refractivity (Wildman–Crippen MR) is 83.6 cm³/mol. The molecule has 0 aromatic carbocycles. The van der Waals surface area contributed by atoms with Gasteiger partial charge in [0.2, 0.25) is 11.7 Å². The first-order chi connectivity index (χ1) is 10.1. The van der Waals surface area contributed by atoms with E-state index < -0.39 is 0 Å². The van der Waals surface area contributed by atoms with E-state index in [1.807, 2.05) is 6.07 Å². The number of pyridine rings is 1. The van der Waals surface area contributed by atoms with Crippen LogP contribution in [-0.2, 0) is 11.2 Å². The van der Waals surface area contributed by atoms with E-state index in [-0.39, 0.29) is 5.92 Å². The molecule has 21 heavy (non-hydrogen) atoms. The van der Waals surface area contributed by atoms with Crippen molar-refractivity contribution in [1.82, 2.24) is 15.1 Å². The molecule has 1 saturated carbocycles. The van der Waals surface area contributed by atoms with E-state index >= 15 is 0 Å². The minimum Gasteiger partial charge on any atom is -0.339 e. The Bertz CT molecular complexity index is 672. The van der Waals surface area contributed by atoms with E-state index in [2.05, 4.69) is 47.0 Å². The molecular weight excluding hydrogens is 402 g/mol. The molecule has 1 unspecified atom stereocenters. The van der Waals surface area contributed by atoms with Crippen LogP contribution in [0.4, 0.5) is 0 Å². The highest BCUT2D eigenvalue weighted by atomic mass is 79.9. The minimum absolute atomic E-state index is 0.0216. The molecule has 110 valence electrons. The first-order valence-corrected chi connectivity index (χ1v) is 8.39. The molecule has 0 spiro atoms. The molecule has 0 saturated heterocycles. The zero-order valence-electron chi connectivity index (χ0n) is 11.2. The molecule has 2 aromatic heterocycles. The Labute approximate surface area is 138 Å². The largest absolute Gasteiger partial charge is 0.339 e. The van der Waals surface area contributed by atoms with Crippen LogP contribution >= 0.6 is 31.9 Å². The van der Waals surface area contributed by atoms with Crippen LogP contribution in [0.15, 0.2) is 25.7 Å². The van der Waals surface area contributed by atoms with Crippen LogP contribution in [0.3, 0.4) is 0 Å². The van der Waals surface area contributed by atoms with Gasteiger partial charge in [0.1, 0.15) is 11.5 Å². The molecule has 0 N–H and O–H groups in total. The Balaban J connectivity index is 1.78. The van der Waals surface area contributed by atoms with Gasteiger partial charge in [0.05, 0.1) is 0 Å². The number of carbonyl (C=O) groups excluding carboxylic acids is 1. The number of hydrogen-bond acceptors (Lipinski definition) is 5. The molecule has 1 aliphatic rings. The van der Waals surface area contributed by atoms with Crippen LogP contribution in [0, 0.1) is 5.92 Å². The van der Waals surface area contributed by atoms with Gasteiger partial charge in [-0.2, -0.15) is 4.98 Å². The molecule has 1 fully saturated rings. The summed E-state index contributed by atoms with van der Waals surface area (Å²) in [4.78, 5) is 20.5. The molecule has 7 heteroatoms. The number of hydrogen-bond donors (Lipinski definition) is 0. The lowest BCUT2D eigenvalue weighted by atomic mass is 9.86. The zero-order chi connectivity index (χ0) is 14.8. The lowest BCUT2D eigenvalue weighted by molar-refractivity contribution is -0.124. The number of nitrogens with zero attached hydrogens (tertiary/aromatic N) is 3. The monoisotopic (exact) mass is 413 g/mol. The topological polar surface area (TPSA) is 68.9 Å². The third-order valence-electron chi connectivity index (χ3n) is 3.59. The summed E-state index contributed by atoms with van der Waals surface area (Å²) in [5.74, 6) is 1.27. The average molecular weight is 415 g/mol. The molecule has 0 radical (unpaired) electrons. The summed E-state index contributed by atoms with van der Waals surface area (Å²) < 4.78 is 6.93. The average Bonchev–Trinajstić information content (AvgIpc) is 2.90. The number of carbonyl (C=O) groups is 1. The highest BCUT2D eigenvalue weighted by molar-refractivity contribution is 9.11. The molecule has 2 aromatic rings. The first-order valence-electron chi connectivity index (χ1n) is 6.80. The van der Waals surface area contributed by atoms with Gasteiger partial charge in [0.25, 0.3) is 0 Å². The second-order valence-corrected chi connectivity index (χ2v) is 6.88. The van der Waals surface area contributed by atoms with Crippen molar-refractivity contribution in [1.29, 1.82) is 0 Å². The third kappa shape index (κ3) is 3.40. The van der Waals surface area contributed by atoms with Crippen molar-refractivity contribution in [3.8, 4) is 11.5 Å². The first kappa shape index (κ1) is 14.8. The maximum absolute atomic E-state index is 11.9. The maximum Gasteiger partial charge on any atom is 0.227 e. The van der Waals surface area contributed by atoms with Crippen molar-refractivity contribution in [2.24, 2.45) is 5.92 Å². The summed E-state index contributed by atoms with van der Waals surface area (Å²) in [5.41, 5.74) is 0.628. The van der Waals surface area contributed by atoms with Gasteiger partial charge in [-0.1, -0.05) is 11.6 Å². The number of rotatable bonds is 3. The lowest BCUT2D eigenvalue weighted by Gasteiger charge is -2.18. The van der Waals surface area contributed by atoms with E-state index in [0.29, 0.717) is 36.0 Å². The molecule has 0 bridgehead atoms. The summed E-state index contributed by atoms with van der Waals surface area (Å²) >= 11 is 6.79. The highest BCUT2D eigenvalue weighted by Gasteiger charge is 2.25. The van der Waals surface area contributed by atoms with Gasteiger partial charge in [-0.15, -0.1) is 0 Å². The van der Waals surface area contributed by atoms with Crippen molar-refractivity contribution in [2.75, 3.05) is 0 Å². The molecule has 2 heterocycles. The van der Waals surface area contributed by atoms with Crippen molar-refractivity contribution in [2.45, 2.75) is 32.1 Å². The van der Waals surface area contributed by atoms with Crippen LogP contribution in [0.25, 0.3) is 11.5 Å². The number of Topliss-reactive ketones (excluding diaryl/α,β-unsaturated/α-hetero) is 1. The summed E-state index contributed by atoms with van der Waals surface area (Å²) in [7, 11) is 0. The number of aromatic nitrogens is 3. The van der Waals surface area contributed by atoms with Gasteiger partial charge in [0.15, 0.2) is 0 Å². The highest BCUT2D eigenvalue weighted by Crippen LogP contribution is 2.28. The van der Waals surface area contributed by atoms with Crippen molar-refractivity contribution >= 4 is 37.6 Å². The normalized spacial score (nSPS) is 19.0. The van der Waals surface area contributed by atoms with E-state index in [4.69, 9.17) is 4.52 Å². The SMILES string of the molecule is O=C1CCCCC1Cc1nc(-c2ncc(Br)cc2Br)no1. The second-order valence-electron chi connectivity index (χ2n) is 5.11. The summed E-state index contributed by atoms with van der Waals surface area (Å²) in [6, 6.07) is 1.88. The molecule has 0 amide bonds. The van der Waals surface area contributed by atoms with Gasteiger partial charge < -0.3 is 4.52 Å². The third-order valence-corrected chi connectivity index (χ3v) is 4.63. The summed E-state index contributed by atoms with van der Waals surface area (Å²) in [6.45, 7) is 0. The lowest BCUT2D eigenvalue weighted by Crippen LogP contribution is -2.21. The van der Waals surface area contributed by atoms with E-state index in [9.17, 15) is 4.79 Å². The van der Waals surface area contributed by atoms with Crippen LogP contribution in [0.1, 0.15) is 31.6 Å². The Kier molecular flexibility index (Phi) is 4.49. The van der Waals surface area contributed by atoms with Crippen molar-refractivity contribution < 1.29 is 9.32 Å². The van der Waals surface area contributed by atoms with E-state index in [0.717, 1.165) is 28.2 Å². The van der Waals surface area contributed by atoms with E-state index in [1.165, 1.54) is 0 Å². The Hall–Kier alpha value is -1.08. The maximum atomic E-state index is 11.9. The minimum atomic E-state index is 0.0216. The second kappa shape index (κ2) is 6.36. The fourth-order valence-corrected chi connectivity index (χ4v) is 3.66. The van der Waals surface area contributed by atoms with Gasteiger partial charge in [0, 0.05) is 33.9 Å². The molecule has 3 rings (SSSR count).